The van der Waals surface area contributed by atoms with Gasteiger partial charge in [0.15, 0.2) is 0 Å². The Morgan fingerprint density at radius 3 is 2.89 bits per heavy atom. The molecule has 142 valence electrons. The van der Waals surface area contributed by atoms with Gasteiger partial charge in [0, 0.05) is 23.4 Å². The van der Waals surface area contributed by atoms with E-state index in [1.54, 1.807) is 0 Å². The SMILES string of the molecule is Cc1cc(C#CCNc2ccccc2)ccc1-c1cn(CC2CCCO2)nn1. The number of anilines is 1. The van der Waals surface area contributed by atoms with Gasteiger partial charge in [0.05, 0.1) is 25.4 Å². The smallest absolute Gasteiger partial charge is 0.113 e. The maximum Gasteiger partial charge on any atom is 0.113 e. The number of para-hydroxylation sites is 1. The lowest BCUT2D eigenvalue weighted by Gasteiger charge is -2.07. The topological polar surface area (TPSA) is 52.0 Å². The van der Waals surface area contributed by atoms with Gasteiger partial charge in [-0.2, -0.15) is 0 Å². The van der Waals surface area contributed by atoms with Gasteiger partial charge in [-0.05, 0) is 49.6 Å². The van der Waals surface area contributed by atoms with E-state index in [0.717, 1.165) is 54.1 Å². The molecule has 1 aromatic heterocycles. The number of hydrogen-bond acceptors (Lipinski definition) is 4. The average Bonchev–Trinajstić information content (AvgIpc) is 3.39. The first-order chi connectivity index (χ1) is 13.8. The van der Waals surface area contributed by atoms with Crippen molar-refractivity contribution in [2.75, 3.05) is 18.5 Å². The van der Waals surface area contributed by atoms with Gasteiger partial charge in [0.25, 0.3) is 0 Å². The van der Waals surface area contributed by atoms with Crippen LogP contribution in [0, 0.1) is 18.8 Å². The number of rotatable bonds is 5. The van der Waals surface area contributed by atoms with Crippen molar-refractivity contribution in [3.63, 3.8) is 0 Å². The van der Waals surface area contributed by atoms with Gasteiger partial charge in [-0.3, -0.25) is 0 Å². The molecule has 2 aromatic carbocycles. The fraction of sp³-hybridized carbons (Fsp3) is 0.304. The Morgan fingerprint density at radius 1 is 1.21 bits per heavy atom. The molecule has 1 aliphatic heterocycles. The highest BCUT2D eigenvalue weighted by Gasteiger charge is 2.17. The Morgan fingerprint density at radius 2 is 2.11 bits per heavy atom. The Balaban J connectivity index is 1.39. The van der Waals surface area contributed by atoms with Crippen molar-refractivity contribution in [2.24, 2.45) is 0 Å². The van der Waals surface area contributed by atoms with Gasteiger partial charge in [0.1, 0.15) is 5.69 Å². The minimum absolute atomic E-state index is 0.262. The van der Waals surface area contributed by atoms with Gasteiger partial charge < -0.3 is 10.1 Å². The lowest BCUT2D eigenvalue weighted by atomic mass is 10.0. The minimum Gasteiger partial charge on any atom is -0.376 e. The number of nitrogens with zero attached hydrogens (tertiary/aromatic N) is 3. The van der Waals surface area contributed by atoms with Crippen molar-refractivity contribution in [2.45, 2.75) is 32.4 Å². The molecule has 0 radical (unpaired) electrons. The lowest BCUT2D eigenvalue weighted by molar-refractivity contribution is 0.0935. The largest absolute Gasteiger partial charge is 0.376 e. The highest BCUT2D eigenvalue weighted by Crippen LogP contribution is 2.22. The molecule has 28 heavy (non-hydrogen) atoms. The van der Waals surface area contributed by atoms with Crippen molar-refractivity contribution in [3.05, 3.63) is 65.9 Å². The third kappa shape index (κ3) is 4.59. The molecule has 1 saturated heterocycles. The van der Waals surface area contributed by atoms with Crippen molar-refractivity contribution in [1.29, 1.82) is 0 Å². The van der Waals surface area contributed by atoms with Gasteiger partial charge in [0.2, 0.25) is 0 Å². The fourth-order valence-corrected chi connectivity index (χ4v) is 3.39. The summed E-state index contributed by atoms with van der Waals surface area (Å²) in [5.74, 6) is 6.39. The van der Waals surface area contributed by atoms with E-state index >= 15 is 0 Å². The van der Waals surface area contributed by atoms with E-state index in [9.17, 15) is 0 Å². The summed E-state index contributed by atoms with van der Waals surface area (Å²) in [6.07, 6.45) is 4.49. The number of nitrogens with one attached hydrogen (secondary N) is 1. The molecule has 2 heterocycles. The molecular weight excluding hydrogens is 348 g/mol. The van der Waals surface area contributed by atoms with E-state index < -0.39 is 0 Å². The molecule has 4 rings (SSSR count). The number of hydrogen-bond donors (Lipinski definition) is 1. The minimum atomic E-state index is 0.262. The lowest BCUT2D eigenvalue weighted by Crippen LogP contribution is -2.15. The van der Waals surface area contributed by atoms with E-state index in [-0.39, 0.29) is 6.10 Å². The molecule has 5 heteroatoms. The first kappa shape index (κ1) is 18.3. The standard InChI is InChI=1S/C23H24N4O/c1-18-15-19(7-5-13-24-20-8-3-2-4-9-20)11-12-22(18)23-17-27(26-25-23)16-21-10-6-14-28-21/h2-4,8-9,11-12,15,17,21,24H,6,10,13-14,16H2,1H3. The normalized spacial score (nSPS) is 15.8. The van der Waals surface area contributed by atoms with Crippen molar-refractivity contribution < 1.29 is 4.74 Å². The quantitative estimate of drug-likeness (QED) is 0.690. The van der Waals surface area contributed by atoms with Crippen LogP contribution in [0.2, 0.25) is 0 Å². The first-order valence-electron chi connectivity index (χ1n) is 9.68. The van der Waals surface area contributed by atoms with Crippen LogP contribution in [0.15, 0.2) is 54.7 Å². The van der Waals surface area contributed by atoms with Crippen LogP contribution in [0.5, 0.6) is 0 Å². The van der Waals surface area contributed by atoms with Gasteiger partial charge in [-0.25, -0.2) is 4.68 Å². The summed E-state index contributed by atoms with van der Waals surface area (Å²) in [5, 5.41) is 11.9. The summed E-state index contributed by atoms with van der Waals surface area (Å²) in [5.41, 5.74) is 5.21. The molecule has 0 aliphatic carbocycles. The van der Waals surface area contributed by atoms with E-state index in [1.807, 2.05) is 47.3 Å². The predicted octanol–water partition coefficient (Wildman–Crippen LogP) is 3.90. The Bertz CT molecular complexity index is 979. The molecule has 0 amide bonds. The van der Waals surface area contributed by atoms with Gasteiger partial charge in [-0.15, -0.1) is 5.10 Å². The molecule has 3 aromatic rings. The van der Waals surface area contributed by atoms with E-state index in [2.05, 4.69) is 46.5 Å². The summed E-state index contributed by atoms with van der Waals surface area (Å²) in [6.45, 7) is 4.32. The Labute approximate surface area is 165 Å². The van der Waals surface area contributed by atoms with Crippen LogP contribution in [-0.2, 0) is 11.3 Å². The zero-order chi connectivity index (χ0) is 19.2. The van der Waals surface area contributed by atoms with Crippen molar-refractivity contribution >= 4 is 5.69 Å². The molecule has 0 bridgehead atoms. The summed E-state index contributed by atoms with van der Waals surface area (Å²) in [7, 11) is 0. The zero-order valence-corrected chi connectivity index (χ0v) is 16.1. The molecule has 1 fully saturated rings. The van der Waals surface area contributed by atoms with Crippen LogP contribution in [0.4, 0.5) is 5.69 Å². The van der Waals surface area contributed by atoms with Crippen molar-refractivity contribution in [1.82, 2.24) is 15.0 Å². The van der Waals surface area contributed by atoms with Crippen LogP contribution in [0.1, 0.15) is 24.0 Å². The van der Waals surface area contributed by atoms with E-state index in [4.69, 9.17) is 4.74 Å². The summed E-state index contributed by atoms with van der Waals surface area (Å²) in [6, 6.07) is 16.3. The predicted molar refractivity (Wildman–Crippen MR) is 111 cm³/mol. The monoisotopic (exact) mass is 372 g/mol. The number of aryl methyl sites for hydroxylation is 1. The second-order valence-corrected chi connectivity index (χ2v) is 7.01. The average molecular weight is 372 g/mol. The third-order valence-electron chi connectivity index (χ3n) is 4.84. The van der Waals surface area contributed by atoms with Gasteiger partial charge in [-0.1, -0.05) is 41.3 Å². The molecule has 5 nitrogen and oxygen atoms in total. The molecule has 1 unspecified atom stereocenters. The van der Waals surface area contributed by atoms with Crippen LogP contribution in [-0.4, -0.2) is 34.2 Å². The first-order valence-corrected chi connectivity index (χ1v) is 9.68. The van der Waals surface area contributed by atoms with Crippen LogP contribution in [0.3, 0.4) is 0 Å². The Kier molecular flexibility index (Phi) is 5.69. The third-order valence-corrected chi connectivity index (χ3v) is 4.84. The van der Waals surface area contributed by atoms with Crippen molar-refractivity contribution in [3.8, 4) is 23.1 Å². The van der Waals surface area contributed by atoms with Gasteiger partial charge >= 0.3 is 0 Å². The molecule has 0 saturated carbocycles. The maximum atomic E-state index is 5.68. The number of ether oxygens (including phenoxy) is 1. The van der Waals surface area contributed by atoms with Crippen LogP contribution in [0.25, 0.3) is 11.3 Å². The highest BCUT2D eigenvalue weighted by molar-refractivity contribution is 5.64. The molecule has 1 N–H and O–H groups in total. The molecule has 0 spiro atoms. The number of benzene rings is 2. The summed E-state index contributed by atoms with van der Waals surface area (Å²) in [4.78, 5) is 0. The maximum absolute atomic E-state index is 5.68. The molecular formula is C23H24N4O. The fourth-order valence-electron chi connectivity index (χ4n) is 3.39. The second kappa shape index (κ2) is 8.73. The summed E-state index contributed by atoms with van der Waals surface area (Å²) >= 11 is 0. The van der Waals surface area contributed by atoms with Crippen LogP contribution < -0.4 is 5.32 Å². The molecule has 1 aliphatic rings. The number of aromatic nitrogens is 3. The van der Waals surface area contributed by atoms with Crippen LogP contribution >= 0.6 is 0 Å². The molecule has 1 atom stereocenters. The van der Waals surface area contributed by atoms with E-state index in [1.165, 1.54) is 0 Å². The zero-order valence-electron chi connectivity index (χ0n) is 16.1. The summed E-state index contributed by atoms with van der Waals surface area (Å²) < 4.78 is 7.56. The highest BCUT2D eigenvalue weighted by atomic mass is 16.5. The van der Waals surface area contributed by atoms with E-state index in [0.29, 0.717) is 6.54 Å². The second-order valence-electron chi connectivity index (χ2n) is 7.01. The Hall–Kier alpha value is -3.10.